The average molecular weight is 279 g/mol. The summed E-state index contributed by atoms with van der Waals surface area (Å²) < 4.78 is 13.2. The van der Waals surface area contributed by atoms with Crippen molar-refractivity contribution in [2.45, 2.75) is 13.8 Å². The van der Waals surface area contributed by atoms with Gasteiger partial charge in [0.15, 0.2) is 5.82 Å². The van der Waals surface area contributed by atoms with Crippen LogP contribution in [0, 0.1) is 19.7 Å². The maximum atomic E-state index is 13.2. The number of benzene rings is 1. The molecule has 0 aliphatic heterocycles. The summed E-state index contributed by atoms with van der Waals surface area (Å²) >= 11 is 0. The van der Waals surface area contributed by atoms with Crippen molar-refractivity contribution >= 4 is 0 Å². The molecule has 3 nitrogen and oxygen atoms in total. The molecule has 0 saturated heterocycles. The molecule has 0 bridgehead atoms. The molecule has 0 N–H and O–H groups in total. The van der Waals surface area contributed by atoms with Gasteiger partial charge in [-0.15, -0.1) is 0 Å². The molecule has 1 aromatic carbocycles. The van der Waals surface area contributed by atoms with Crippen molar-refractivity contribution in [3.63, 3.8) is 0 Å². The Hall–Kier alpha value is -2.62. The molecular weight excluding hydrogens is 265 g/mol. The van der Waals surface area contributed by atoms with Crippen LogP contribution in [0.4, 0.5) is 4.39 Å². The van der Waals surface area contributed by atoms with Gasteiger partial charge in [0, 0.05) is 17.5 Å². The fraction of sp³-hybridized carbons (Fsp3) is 0.118. The van der Waals surface area contributed by atoms with Crippen molar-refractivity contribution in [3.8, 4) is 22.8 Å². The molecule has 0 radical (unpaired) electrons. The van der Waals surface area contributed by atoms with Crippen molar-refractivity contribution in [3.05, 3.63) is 65.7 Å². The molecule has 2 aromatic heterocycles. The summed E-state index contributed by atoms with van der Waals surface area (Å²) in [6.07, 6.45) is 1.72. The number of nitrogens with zero attached hydrogens (tertiary/aromatic N) is 3. The lowest BCUT2D eigenvalue weighted by atomic mass is 10.0. The molecule has 104 valence electrons. The van der Waals surface area contributed by atoms with Gasteiger partial charge in [0.25, 0.3) is 0 Å². The molecule has 3 rings (SSSR count). The summed E-state index contributed by atoms with van der Waals surface area (Å²) in [5.74, 6) is 0.353. The van der Waals surface area contributed by atoms with Gasteiger partial charge in [-0.2, -0.15) is 0 Å². The zero-order chi connectivity index (χ0) is 14.8. The van der Waals surface area contributed by atoms with Crippen molar-refractivity contribution in [2.75, 3.05) is 0 Å². The maximum Gasteiger partial charge on any atom is 0.178 e. The first-order valence-corrected chi connectivity index (χ1v) is 6.67. The van der Waals surface area contributed by atoms with Gasteiger partial charge in [0.2, 0.25) is 0 Å². The molecule has 3 aromatic rings. The molecule has 2 heterocycles. The first-order chi connectivity index (χ1) is 10.1. The lowest BCUT2D eigenvalue weighted by Gasteiger charge is -2.07. The van der Waals surface area contributed by atoms with E-state index in [2.05, 4.69) is 15.0 Å². The maximum absolute atomic E-state index is 13.2. The molecule has 0 aliphatic rings. The van der Waals surface area contributed by atoms with Crippen LogP contribution in [0.25, 0.3) is 22.8 Å². The number of aromatic nitrogens is 3. The van der Waals surface area contributed by atoms with Crippen molar-refractivity contribution in [2.24, 2.45) is 0 Å². The van der Waals surface area contributed by atoms with E-state index in [4.69, 9.17) is 0 Å². The minimum atomic E-state index is -0.241. The van der Waals surface area contributed by atoms with E-state index in [1.165, 1.54) is 12.1 Å². The smallest absolute Gasteiger partial charge is 0.178 e. The summed E-state index contributed by atoms with van der Waals surface area (Å²) in [5, 5.41) is 0. The van der Waals surface area contributed by atoms with E-state index >= 15 is 0 Å². The Labute approximate surface area is 122 Å². The second kappa shape index (κ2) is 5.40. The Balaban J connectivity index is 2.08. The Bertz CT molecular complexity index is 800. The van der Waals surface area contributed by atoms with Crippen molar-refractivity contribution in [1.82, 2.24) is 15.0 Å². The van der Waals surface area contributed by atoms with E-state index in [9.17, 15) is 4.39 Å². The van der Waals surface area contributed by atoms with Crippen molar-refractivity contribution < 1.29 is 4.39 Å². The molecule has 0 saturated carbocycles. The van der Waals surface area contributed by atoms with Gasteiger partial charge < -0.3 is 0 Å². The highest BCUT2D eigenvalue weighted by atomic mass is 19.1. The van der Waals surface area contributed by atoms with E-state index < -0.39 is 0 Å². The van der Waals surface area contributed by atoms with Crippen LogP contribution < -0.4 is 0 Å². The average Bonchev–Trinajstić information content (AvgIpc) is 2.47. The molecule has 21 heavy (non-hydrogen) atoms. The van der Waals surface area contributed by atoms with Crippen LogP contribution in [0.3, 0.4) is 0 Å². The van der Waals surface area contributed by atoms with E-state index in [1.807, 2.05) is 38.1 Å². The second-order valence-corrected chi connectivity index (χ2v) is 4.89. The minimum absolute atomic E-state index is 0.241. The summed E-state index contributed by atoms with van der Waals surface area (Å²) in [5.41, 5.74) is 4.15. The minimum Gasteiger partial charge on any atom is -0.244 e. The number of rotatable bonds is 2. The standard InChI is InChI=1S/C17H14FN3/c1-11-10-13(18)6-7-14(11)15-4-3-5-16(21-15)17-19-9-8-12(2)20-17/h3-10H,1-2H3. The van der Waals surface area contributed by atoms with Gasteiger partial charge in [-0.3, -0.25) is 0 Å². The van der Waals surface area contributed by atoms with Gasteiger partial charge >= 0.3 is 0 Å². The zero-order valence-electron chi connectivity index (χ0n) is 11.8. The van der Waals surface area contributed by atoms with Gasteiger partial charge in [0.05, 0.1) is 5.69 Å². The van der Waals surface area contributed by atoms with Crippen molar-refractivity contribution in [1.29, 1.82) is 0 Å². The fourth-order valence-corrected chi connectivity index (χ4v) is 2.20. The highest BCUT2D eigenvalue weighted by Crippen LogP contribution is 2.24. The summed E-state index contributed by atoms with van der Waals surface area (Å²) in [7, 11) is 0. The molecule has 0 atom stereocenters. The number of hydrogen-bond acceptors (Lipinski definition) is 3. The highest BCUT2D eigenvalue weighted by Gasteiger charge is 2.08. The predicted molar refractivity (Wildman–Crippen MR) is 80.1 cm³/mol. The molecular formula is C17H14FN3. The number of aryl methyl sites for hydroxylation is 2. The van der Waals surface area contributed by atoms with Gasteiger partial charge in [-0.1, -0.05) is 6.07 Å². The van der Waals surface area contributed by atoms with Crippen LogP contribution in [0.2, 0.25) is 0 Å². The Kier molecular flexibility index (Phi) is 3.44. The lowest BCUT2D eigenvalue weighted by molar-refractivity contribution is 0.627. The first kappa shape index (κ1) is 13.4. The Morgan fingerprint density at radius 1 is 0.905 bits per heavy atom. The summed E-state index contributed by atoms with van der Waals surface area (Å²) in [4.78, 5) is 13.2. The topological polar surface area (TPSA) is 38.7 Å². The van der Waals surface area contributed by atoms with Crippen LogP contribution in [-0.4, -0.2) is 15.0 Å². The first-order valence-electron chi connectivity index (χ1n) is 6.67. The molecule has 0 spiro atoms. The monoisotopic (exact) mass is 279 g/mol. The largest absolute Gasteiger partial charge is 0.244 e. The van der Waals surface area contributed by atoms with E-state index in [1.54, 1.807) is 12.3 Å². The van der Waals surface area contributed by atoms with Gasteiger partial charge in [-0.25, -0.2) is 19.3 Å². The molecule has 0 amide bonds. The second-order valence-electron chi connectivity index (χ2n) is 4.89. The lowest BCUT2D eigenvalue weighted by Crippen LogP contribution is -1.95. The number of hydrogen-bond donors (Lipinski definition) is 0. The summed E-state index contributed by atoms with van der Waals surface area (Å²) in [6, 6.07) is 12.2. The molecule has 4 heteroatoms. The zero-order valence-corrected chi connectivity index (χ0v) is 11.8. The van der Waals surface area contributed by atoms with Crippen LogP contribution in [-0.2, 0) is 0 Å². The van der Waals surface area contributed by atoms with Gasteiger partial charge in [-0.05, 0) is 55.8 Å². The van der Waals surface area contributed by atoms with Crippen LogP contribution in [0.1, 0.15) is 11.3 Å². The highest BCUT2D eigenvalue weighted by molar-refractivity contribution is 5.66. The third kappa shape index (κ3) is 2.79. The van der Waals surface area contributed by atoms with Gasteiger partial charge in [0.1, 0.15) is 11.5 Å². The molecule has 0 aliphatic carbocycles. The predicted octanol–water partition coefficient (Wildman–Crippen LogP) is 3.96. The SMILES string of the molecule is Cc1ccnc(-c2cccc(-c3ccc(F)cc3C)n2)n1. The summed E-state index contributed by atoms with van der Waals surface area (Å²) in [6.45, 7) is 3.79. The number of pyridine rings is 1. The fourth-order valence-electron chi connectivity index (χ4n) is 2.20. The molecule has 0 fully saturated rings. The van der Waals surface area contributed by atoms with Crippen LogP contribution >= 0.6 is 0 Å². The number of halogens is 1. The normalized spacial score (nSPS) is 10.6. The van der Waals surface area contributed by atoms with E-state index in [0.717, 1.165) is 22.5 Å². The van der Waals surface area contributed by atoms with E-state index in [0.29, 0.717) is 11.5 Å². The Morgan fingerprint density at radius 2 is 1.71 bits per heavy atom. The third-order valence-electron chi connectivity index (χ3n) is 3.24. The quantitative estimate of drug-likeness (QED) is 0.712. The Morgan fingerprint density at radius 3 is 2.48 bits per heavy atom. The third-order valence-corrected chi connectivity index (χ3v) is 3.24. The molecule has 0 unspecified atom stereocenters. The van der Waals surface area contributed by atoms with Crippen LogP contribution in [0.15, 0.2) is 48.7 Å². The van der Waals surface area contributed by atoms with Crippen LogP contribution in [0.5, 0.6) is 0 Å². The van der Waals surface area contributed by atoms with E-state index in [-0.39, 0.29) is 5.82 Å².